The molecule has 0 aliphatic rings. The van der Waals surface area contributed by atoms with Crippen LogP contribution in [0, 0.1) is 0 Å². The molecule has 0 spiro atoms. The first-order valence-electron chi connectivity index (χ1n) is 6.39. The fraction of sp³-hybridized carbons (Fsp3) is 0.214. The molecule has 0 aliphatic carbocycles. The highest BCUT2D eigenvalue weighted by Gasteiger charge is 2.08. The van der Waals surface area contributed by atoms with E-state index in [4.69, 9.17) is 10.3 Å². The second kappa shape index (κ2) is 5.83. The molecule has 2 N–H and O–H groups in total. The van der Waals surface area contributed by atoms with Crippen molar-refractivity contribution in [3.8, 4) is 11.4 Å². The molecule has 0 radical (unpaired) electrons. The highest BCUT2D eigenvalue weighted by Crippen LogP contribution is 2.17. The molecule has 0 amide bonds. The number of hydrogen-bond acceptors (Lipinski definition) is 6. The Balaban J connectivity index is 1.58. The first-order chi connectivity index (χ1) is 9.81. The number of benzene rings is 1. The molecule has 0 saturated heterocycles. The predicted octanol–water partition coefficient (Wildman–Crippen LogP) is 2.95. The number of anilines is 1. The van der Waals surface area contributed by atoms with Gasteiger partial charge in [-0.15, -0.1) is 11.3 Å². The Morgan fingerprint density at radius 2 is 1.95 bits per heavy atom. The number of nitrogens with two attached hydrogens (primary N) is 1. The summed E-state index contributed by atoms with van der Waals surface area (Å²) >= 11 is 1.47. The zero-order chi connectivity index (χ0) is 13.8. The van der Waals surface area contributed by atoms with Crippen molar-refractivity contribution in [2.45, 2.75) is 19.3 Å². The van der Waals surface area contributed by atoms with Gasteiger partial charge in [-0.25, -0.2) is 4.98 Å². The number of nitrogen functional groups attached to an aromatic ring is 1. The standard InChI is InChI=1S/C14H14N4OS/c15-14-16-11(9-20-14)7-4-8-12-17-13(18-19-12)10-5-2-1-3-6-10/h1-3,5-6,9H,4,7-8H2,(H2,15,16). The summed E-state index contributed by atoms with van der Waals surface area (Å²) in [4.78, 5) is 8.62. The summed E-state index contributed by atoms with van der Waals surface area (Å²) < 4.78 is 5.26. The lowest BCUT2D eigenvalue weighted by Crippen LogP contribution is -1.92. The second-order valence-corrected chi connectivity index (χ2v) is 5.30. The molecule has 3 aromatic rings. The maximum atomic E-state index is 5.60. The van der Waals surface area contributed by atoms with Gasteiger partial charge in [-0.05, 0) is 12.8 Å². The molecule has 0 unspecified atom stereocenters. The minimum Gasteiger partial charge on any atom is -0.375 e. The molecule has 1 aromatic carbocycles. The van der Waals surface area contributed by atoms with E-state index in [9.17, 15) is 0 Å². The molecule has 0 aliphatic heterocycles. The van der Waals surface area contributed by atoms with Crippen molar-refractivity contribution in [2.75, 3.05) is 5.73 Å². The van der Waals surface area contributed by atoms with Crippen molar-refractivity contribution in [2.24, 2.45) is 0 Å². The number of hydrogen-bond donors (Lipinski definition) is 1. The van der Waals surface area contributed by atoms with Crippen LogP contribution in [-0.4, -0.2) is 15.1 Å². The van der Waals surface area contributed by atoms with Crippen molar-refractivity contribution < 1.29 is 4.52 Å². The number of thiazole rings is 1. The molecule has 0 bridgehead atoms. The lowest BCUT2D eigenvalue weighted by atomic mass is 10.2. The Hall–Kier alpha value is -2.21. The average molecular weight is 286 g/mol. The minimum absolute atomic E-state index is 0.615. The number of rotatable bonds is 5. The van der Waals surface area contributed by atoms with Crippen LogP contribution in [0.5, 0.6) is 0 Å². The first kappa shape index (κ1) is 12.8. The molecule has 0 saturated carbocycles. The van der Waals surface area contributed by atoms with E-state index in [2.05, 4.69) is 15.1 Å². The van der Waals surface area contributed by atoms with Gasteiger partial charge in [0, 0.05) is 17.4 Å². The van der Waals surface area contributed by atoms with Crippen molar-refractivity contribution in [3.63, 3.8) is 0 Å². The van der Waals surface area contributed by atoms with Crippen LogP contribution < -0.4 is 5.73 Å². The van der Waals surface area contributed by atoms with Gasteiger partial charge >= 0.3 is 0 Å². The van der Waals surface area contributed by atoms with Gasteiger partial charge in [0.05, 0.1) is 5.69 Å². The molecule has 5 nitrogen and oxygen atoms in total. The summed E-state index contributed by atoms with van der Waals surface area (Å²) in [5.41, 5.74) is 7.59. The van der Waals surface area contributed by atoms with E-state index in [-0.39, 0.29) is 0 Å². The van der Waals surface area contributed by atoms with E-state index in [0.29, 0.717) is 16.8 Å². The van der Waals surface area contributed by atoms with Crippen LogP contribution in [0.15, 0.2) is 40.2 Å². The predicted molar refractivity (Wildman–Crippen MR) is 78.3 cm³/mol. The van der Waals surface area contributed by atoms with Crippen LogP contribution in [0.4, 0.5) is 5.13 Å². The maximum Gasteiger partial charge on any atom is 0.226 e. The van der Waals surface area contributed by atoms with Crippen LogP contribution in [-0.2, 0) is 12.8 Å². The first-order valence-corrected chi connectivity index (χ1v) is 7.27. The van der Waals surface area contributed by atoms with Gasteiger partial charge in [-0.2, -0.15) is 4.98 Å². The van der Waals surface area contributed by atoms with E-state index in [1.807, 2.05) is 35.7 Å². The lowest BCUT2D eigenvalue weighted by molar-refractivity contribution is 0.376. The molecular formula is C14H14N4OS. The summed E-state index contributed by atoms with van der Waals surface area (Å²) in [6.45, 7) is 0. The smallest absolute Gasteiger partial charge is 0.226 e. The summed E-state index contributed by atoms with van der Waals surface area (Å²) in [7, 11) is 0. The molecular weight excluding hydrogens is 272 g/mol. The number of aryl methyl sites for hydroxylation is 2. The van der Waals surface area contributed by atoms with Crippen molar-refractivity contribution >= 4 is 16.5 Å². The van der Waals surface area contributed by atoms with Crippen LogP contribution >= 0.6 is 11.3 Å². The van der Waals surface area contributed by atoms with Crippen LogP contribution in [0.2, 0.25) is 0 Å². The lowest BCUT2D eigenvalue weighted by Gasteiger charge is -1.93. The number of nitrogens with zero attached hydrogens (tertiary/aromatic N) is 3. The molecule has 6 heteroatoms. The van der Waals surface area contributed by atoms with Crippen molar-refractivity contribution in [1.82, 2.24) is 15.1 Å². The molecule has 2 aromatic heterocycles. The molecule has 2 heterocycles. The van der Waals surface area contributed by atoms with Gasteiger partial charge in [0.15, 0.2) is 5.13 Å². The fourth-order valence-electron chi connectivity index (χ4n) is 1.92. The molecule has 3 rings (SSSR count). The van der Waals surface area contributed by atoms with Crippen molar-refractivity contribution in [1.29, 1.82) is 0 Å². The maximum absolute atomic E-state index is 5.60. The van der Waals surface area contributed by atoms with E-state index >= 15 is 0 Å². The van der Waals surface area contributed by atoms with Gasteiger partial charge in [0.2, 0.25) is 11.7 Å². The summed E-state index contributed by atoms with van der Waals surface area (Å²) in [6.07, 6.45) is 2.54. The molecule has 20 heavy (non-hydrogen) atoms. The monoisotopic (exact) mass is 286 g/mol. The largest absolute Gasteiger partial charge is 0.375 e. The Kier molecular flexibility index (Phi) is 3.73. The third kappa shape index (κ3) is 3.03. The molecule has 102 valence electrons. The third-order valence-corrected chi connectivity index (χ3v) is 3.62. The van der Waals surface area contributed by atoms with Crippen LogP contribution in [0.25, 0.3) is 11.4 Å². The molecule has 0 fully saturated rings. The number of aromatic nitrogens is 3. The van der Waals surface area contributed by atoms with Crippen molar-refractivity contribution in [3.05, 3.63) is 47.3 Å². The van der Waals surface area contributed by atoms with Crippen LogP contribution in [0.3, 0.4) is 0 Å². The third-order valence-electron chi connectivity index (χ3n) is 2.89. The van der Waals surface area contributed by atoms with Gasteiger partial charge < -0.3 is 10.3 Å². The Morgan fingerprint density at radius 3 is 2.70 bits per heavy atom. The Morgan fingerprint density at radius 1 is 1.10 bits per heavy atom. The average Bonchev–Trinajstić information content (AvgIpc) is 3.09. The highest BCUT2D eigenvalue weighted by atomic mass is 32.1. The van der Waals surface area contributed by atoms with E-state index in [0.717, 1.165) is 30.5 Å². The Labute approximate surface area is 120 Å². The van der Waals surface area contributed by atoms with E-state index in [1.54, 1.807) is 0 Å². The topological polar surface area (TPSA) is 77.8 Å². The summed E-state index contributed by atoms with van der Waals surface area (Å²) in [6, 6.07) is 9.81. The SMILES string of the molecule is Nc1nc(CCCc2nc(-c3ccccc3)no2)cs1. The molecule has 0 atom stereocenters. The minimum atomic E-state index is 0.615. The van der Waals surface area contributed by atoms with Gasteiger partial charge in [-0.3, -0.25) is 0 Å². The van der Waals surface area contributed by atoms with Crippen LogP contribution in [0.1, 0.15) is 18.0 Å². The zero-order valence-corrected chi connectivity index (χ0v) is 11.6. The van der Waals surface area contributed by atoms with Gasteiger partial charge in [-0.1, -0.05) is 35.5 Å². The summed E-state index contributed by atoms with van der Waals surface area (Å²) in [5, 5.41) is 6.60. The quantitative estimate of drug-likeness (QED) is 0.780. The Bertz CT molecular complexity index is 677. The zero-order valence-electron chi connectivity index (χ0n) is 10.8. The normalized spacial score (nSPS) is 10.8. The van der Waals surface area contributed by atoms with E-state index in [1.165, 1.54) is 11.3 Å². The fourth-order valence-corrected chi connectivity index (χ4v) is 2.52. The summed E-state index contributed by atoms with van der Waals surface area (Å²) in [5.74, 6) is 1.30. The highest BCUT2D eigenvalue weighted by molar-refractivity contribution is 7.13. The van der Waals surface area contributed by atoms with Gasteiger partial charge in [0.25, 0.3) is 0 Å². The van der Waals surface area contributed by atoms with Gasteiger partial charge in [0.1, 0.15) is 0 Å². The second-order valence-electron chi connectivity index (χ2n) is 4.41. The van der Waals surface area contributed by atoms with E-state index < -0.39 is 0 Å².